The summed E-state index contributed by atoms with van der Waals surface area (Å²) < 4.78 is 6.30. The van der Waals surface area contributed by atoms with Crippen molar-refractivity contribution in [2.45, 2.75) is 31.7 Å². The predicted octanol–water partition coefficient (Wildman–Crippen LogP) is 4.87. The van der Waals surface area contributed by atoms with Gasteiger partial charge in [0.25, 0.3) is 5.91 Å². The molecule has 2 saturated heterocycles. The second-order valence-electron chi connectivity index (χ2n) is 7.66. The van der Waals surface area contributed by atoms with Gasteiger partial charge in [0.1, 0.15) is 5.54 Å². The van der Waals surface area contributed by atoms with E-state index in [4.69, 9.17) is 9.57 Å². The Hall–Kier alpha value is -2.20. The second-order valence-corrected chi connectivity index (χ2v) is 7.66. The van der Waals surface area contributed by atoms with E-state index < -0.39 is 5.91 Å². The van der Waals surface area contributed by atoms with E-state index in [0.29, 0.717) is 12.5 Å². The zero-order chi connectivity index (χ0) is 17.8. The van der Waals surface area contributed by atoms with Gasteiger partial charge < -0.3 is 4.74 Å². The maximum absolute atomic E-state index is 6.30. The molecule has 0 aliphatic carbocycles. The highest BCUT2D eigenvalue weighted by Gasteiger charge is 2.73. The van der Waals surface area contributed by atoms with E-state index in [1.807, 2.05) is 6.07 Å². The Morgan fingerprint density at radius 1 is 0.923 bits per heavy atom. The number of benzene rings is 3. The summed E-state index contributed by atoms with van der Waals surface area (Å²) in [5.74, 6) is -0.267. The van der Waals surface area contributed by atoms with E-state index in [9.17, 15) is 0 Å². The van der Waals surface area contributed by atoms with Gasteiger partial charge in [0.2, 0.25) is 0 Å². The maximum atomic E-state index is 6.30. The minimum absolute atomic E-state index is 0.268. The quantitative estimate of drug-likeness (QED) is 0.631. The smallest absolute Gasteiger partial charge is 0.275 e. The zero-order valence-electron chi connectivity index (χ0n) is 15.2. The zero-order valence-corrected chi connectivity index (χ0v) is 15.2. The highest BCUT2D eigenvalue weighted by atomic mass is 17.0. The van der Waals surface area contributed by atoms with E-state index in [-0.39, 0.29) is 5.54 Å². The third-order valence-electron chi connectivity index (χ3n) is 5.87. The molecule has 0 N–H and O–H groups in total. The summed E-state index contributed by atoms with van der Waals surface area (Å²) in [6, 6.07) is 25.5. The average molecular weight is 345 g/mol. The SMILES string of the molecule is CC(C)[C@]1(c2cccc3ccccc23)COC2(Cc3ccccc3)ON21. The van der Waals surface area contributed by atoms with Gasteiger partial charge in [0.05, 0.1) is 6.61 Å². The first-order valence-corrected chi connectivity index (χ1v) is 9.31. The first kappa shape index (κ1) is 16.0. The van der Waals surface area contributed by atoms with Gasteiger partial charge in [-0.3, -0.25) is 0 Å². The lowest BCUT2D eigenvalue weighted by atomic mass is 9.78. The van der Waals surface area contributed by atoms with Crippen molar-refractivity contribution in [2.75, 3.05) is 6.61 Å². The molecule has 0 aromatic heterocycles. The Morgan fingerprint density at radius 2 is 1.65 bits per heavy atom. The second kappa shape index (κ2) is 5.65. The average Bonchev–Trinajstić information content (AvgIpc) is 3.28. The van der Waals surface area contributed by atoms with Gasteiger partial charge in [0.15, 0.2) is 0 Å². The van der Waals surface area contributed by atoms with Crippen LogP contribution < -0.4 is 0 Å². The number of hydrogen-bond donors (Lipinski definition) is 0. The monoisotopic (exact) mass is 345 g/mol. The van der Waals surface area contributed by atoms with Crippen LogP contribution >= 0.6 is 0 Å². The Morgan fingerprint density at radius 3 is 2.42 bits per heavy atom. The molecule has 2 aliphatic heterocycles. The van der Waals surface area contributed by atoms with E-state index >= 15 is 0 Å². The normalized spacial score (nSPS) is 29.9. The molecule has 3 aromatic rings. The van der Waals surface area contributed by atoms with Crippen molar-refractivity contribution in [3.05, 3.63) is 83.9 Å². The van der Waals surface area contributed by atoms with Crippen molar-refractivity contribution < 1.29 is 9.57 Å². The third-order valence-corrected chi connectivity index (χ3v) is 5.87. The maximum Gasteiger partial charge on any atom is 0.275 e. The number of hydrogen-bond acceptors (Lipinski definition) is 3. The van der Waals surface area contributed by atoms with Crippen LogP contribution in [0, 0.1) is 5.92 Å². The van der Waals surface area contributed by atoms with Gasteiger partial charge in [0, 0.05) is 6.42 Å². The van der Waals surface area contributed by atoms with Gasteiger partial charge in [-0.25, -0.2) is 4.84 Å². The molecule has 2 heterocycles. The molecule has 0 bridgehead atoms. The standard InChI is InChI=1S/C23H23NO2/c1-17(2)22(21-14-8-12-19-11-6-7-13-20(19)21)16-25-23(24(22)26-23)15-18-9-4-3-5-10-18/h3-14,17H,15-16H2,1-2H3/t22-,23?,24?/m0/s1. The number of fused-ring (bicyclic) bond motifs is 2. The molecule has 0 amide bonds. The van der Waals surface area contributed by atoms with Gasteiger partial charge in [-0.05, 0) is 27.8 Å². The van der Waals surface area contributed by atoms with Crippen LogP contribution in [0.2, 0.25) is 0 Å². The molecule has 26 heavy (non-hydrogen) atoms. The van der Waals surface area contributed by atoms with Crippen molar-refractivity contribution in [3.63, 3.8) is 0 Å². The molecule has 2 aliphatic rings. The van der Waals surface area contributed by atoms with Gasteiger partial charge >= 0.3 is 0 Å². The van der Waals surface area contributed by atoms with Gasteiger partial charge in [-0.1, -0.05) is 86.6 Å². The number of hydroxylamine groups is 2. The molecule has 3 nitrogen and oxygen atoms in total. The lowest BCUT2D eigenvalue weighted by molar-refractivity contribution is -0.0817. The van der Waals surface area contributed by atoms with Crippen molar-refractivity contribution in [1.82, 2.24) is 5.06 Å². The summed E-state index contributed by atoms with van der Waals surface area (Å²) in [7, 11) is 0. The molecule has 132 valence electrons. The Balaban J connectivity index is 1.58. The van der Waals surface area contributed by atoms with Crippen molar-refractivity contribution in [1.29, 1.82) is 0 Å². The molecular formula is C23H23NO2. The topological polar surface area (TPSA) is 24.8 Å². The largest absolute Gasteiger partial charge is 0.332 e. The predicted molar refractivity (Wildman–Crippen MR) is 102 cm³/mol. The summed E-state index contributed by atoms with van der Waals surface area (Å²) in [6.07, 6.45) is 0.743. The van der Waals surface area contributed by atoms with Crippen LogP contribution in [0.5, 0.6) is 0 Å². The van der Waals surface area contributed by atoms with Crippen molar-refractivity contribution in [2.24, 2.45) is 5.92 Å². The molecule has 0 radical (unpaired) electrons. The molecule has 3 aromatic carbocycles. The molecule has 0 saturated carbocycles. The summed E-state index contributed by atoms with van der Waals surface area (Å²) in [4.78, 5) is 6.14. The van der Waals surface area contributed by atoms with Gasteiger partial charge in [-0.2, -0.15) is 0 Å². The molecule has 2 fully saturated rings. The molecular weight excluding hydrogens is 322 g/mol. The molecule has 0 spiro atoms. The Kier molecular flexibility index (Phi) is 3.48. The third kappa shape index (κ3) is 2.18. The minimum Gasteiger partial charge on any atom is -0.332 e. The van der Waals surface area contributed by atoms with Crippen LogP contribution in [0.1, 0.15) is 25.0 Å². The highest BCUT2D eigenvalue weighted by Crippen LogP contribution is 2.59. The molecule has 3 atom stereocenters. The van der Waals surface area contributed by atoms with E-state index in [1.54, 1.807) is 0 Å². The number of nitrogens with zero attached hydrogens (tertiary/aromatic N) is 1. The fraction of sp³-hybridized carbons (Fsp3) is 0.304. The van der Waals surface area contributed by atoms with Crippen molar-refractivity contribution in [3.8, 4) is 0 Å². The van der Waals surface area contributed by atoms with E-state index in [1.165, 1.54) is 21.9 Å². The Labute approximate surface area is 154 Å². The highest BCUT2D eigenvalue weighted by molar-refractivity contribution is 5.86. The number of ether oxygens (including phenoxy) is 1. The fourth-order valence-corrected chi connectivity index (χ4v) is 4.39. The van der Waals surface area contributed by atoms with Crippen LogP contribution in [0.25, 0.3) is 10.8 Å². The fourth-order valence-electron chi connectivity index (χ4n) is 4.39. The van der Waals surface area contributed by atoms with Crippen LogP contribution in [0.4, 0.5) is 0 Å². The van der Waals surface area contributed by atoms with Crippen LogP contribution in [0.3, 0.4) is 0 Å². The van der Waals surface area contributed by atoms with Crippen LogP contribution in [-0.4, -0.2) is 17.6 Å². The Bertz CT molecular complexity index is 949. The molecule has 5 rings (SSSR count). The summed E-state index contributed by atoms with van der Waals surface area (Å²) in [5, 5.41) is 4.64. The minimum atomic E-state index is -0.622. The van der Waals surface area contributed by atoms with Gasteiger partial charge in [-0.15, -0.1) is 5.06 Å². The molecule has 2 unspecified atom stereocenters. The lowest BCUT2D eigenvalue weighted by Gasteiger charge is -2.34. The number of rotatable bonds is 4. The van der Waals surface area contributed by atoms with Crippen LogP contribution in [0.15, 0.2) is 72.8 Å². The summed E-state index contributed by atoms with van der Waals surface area (Å²) in [6.45, 7) is 5.16. The van der Waals surface area contributed by atoms with Crippen LogP contribution in [-0.2, 0) is 21.5 Å². The molecule has 3 heteroatoms. The van der Waals surface area contributed by atoms with E-state index in [0.717, 1.165) is 6.42 Å². The first-order chi connectivity index (χ1) is 12.7. The van der Waals surface area contributed by atoms with Crippen molar-refractivity contribution >= 4 is 10.8 Å². The van der Waals surface area contributed by atoms with E-state index in [2.05, 4.69) is 85.6 Å². The first-order valence-electron chi connectivity index (χ1n) is 9.31. The summed E-state index contributed by atoms with van der Waals surface area (Å²) >= 11 is 0. The lowest BCUT2D eigenvalue weighted by Crippen LogP contribution is -2.41. The summed E-state index contributed by atoms with van der Waals surface area (Å²) in [5.41, 5.74) is 2.25.